The van der Waals surface area contributed by atoms with Gasteiger partial charge in [-0.3, -0.25) is 19.2 Å². The maximum Gasteiger partial charge on any atom is 0.303 e. The van der Waals surface area contributed by atoms with Crippen LogP contribution in [0.25, 0.3) is 0 Å². The maximum atomic E-state index is 11.9. The molecule has 0 bridgehead atoms. The first-order valence-electron chi connectivity index (χ1n) is 12.7. The third-order valence-electron chi connectivity index (χ3n) is 5.61. The molecule has 1 amide bonds. The minimum atomic E-state index is -1.04. The Morgan fingerprint density at radius 3 is 1.86 bits per heavy atom. The van der Waals surface area contributed by atoms with Crippen LogP contribution in [-0.4, -0.2) is 67.7 Å². The van der Waals surface area contributed by atoms with Crippen molar-refractivity contribution in [3.05, 3.63) is 0 Å². The molecule has 0 saturated carbocycles. The number of amides is 1. The van der Waals surface area contributed by atoms with Gasteiger partial charge < -0.3 is 29.0 Å². The summed E-state index contributed by atoms with van der Waals surface area (Å²) in [7, 11) is 0. The quantitative estimate of drug-likeness (QED) is 0.193. The Labute approximate surface area is 208 Å². The van der Waals surface area contributed by atoms with Crippen molar-refractivity contribution in [1.82, 2.24) is 5.32 Å². The molecule has 1 N–H and O–H groups in total. The predicted molar refractivity (Wildman–Crippen MR) is 127 cm³/mol. The number of hydrogen-bond acceptors (Lipinski definition) is 9. The molecule has 202 valence electrons. The molecular formula is C25H43NO9. The summed E-state index contributed by atoms with van der Waals surface area (Å²) in [6, 6.07) is -0.889. The molecule has 1 aliphatic heterocycles. The molecule has 1 heterocycles. The van der Waals surface area contributed by atoms with Crippen molar-refractivity contribution in [3.63, 3.8) is 0 Å². The molecule has 0 aliphatic carbocycles. The van der Waals surface area contributed by atoms with Crippen molar-refractivity contribution < 1.29 is 42.9 Å². The van der Waals surface area contributed by atoms with Crippen molar-refractivity contribution in [2.75, 3.05) is 13.2 Å². The van der Waals surface area contributed by atoms with Crippen LogP contribution in [0.15, 0.2) is 0 Å². The van der Waals surface area contributed by atoms with Crippen LogP contribution in [0, 0.1) is 0 Å². The minimum absolute atomic E-state index is 0.0140. The smallest absolute Gasteiger partial charge is 0.303 e. The van der Waals surface area contributed by atoms with Crippen LogP contribution in [0.4, 0.5) is 0 Å². The number of carbonyl (C=O) groups is 4. The molecule has 10 heteroatoms. The minimum Gasteiger partial charge on any atom is -0.466 e. The molecular weight excluding hydrogens is 458 g/mol. The monoisotopic (exact) mass is 501 g/mol. The molecule has 5 atom stereocenters. The molecule has 1 rings (SSSR count). The van der Waals surface area contributed by atoms with E-state index in [9.17, 15) is 19.2 Å². The normalized spacial score (nSPS) is 23.9. The topological polar surface area (TPSA) is 126 Å². The molecule has 1 aliphatic rings. The second-order valence-electron chi connectivity index (χ2n) is 8.89. The Kier molecular flexibility index (Phi) is 15.2. The molecule has 10 nitrogen and oxygen atoms in total. The van der Waals surface area contributed by atoms with Gasteiger partial charge in [-0.05, 0) is 6.42 Å². The van der Waals surface area contributed by atoms with Gasteiger partial charge in [-0.15, -0.1) is 0 Å². The van der Waals surface area contributed by atoms with Gasteiger partial charge in [0.1, 0.15) is 12.1 Å². The SMILES string of the molecule is CCCCCCCCCCO[C@@H]1O[C@H](CCOC(C)=O)[C@@H](OC(C)=O)[C@H](OC(C)=O)[C@H]1NC(C)=O. The Balaban J connectivity index is 2.89. The van der Waals surface area contributed by atoms with E-state index in [1.165, 1.54) is 59.8 Å². The number of ether oxygens (including phenoxy) is 5. The van der Waals surface area contributed by atoms with Gasteiger partial charge in [0.05, 0.1) is 6.61 Å². The van der Waals surface area contributed by atoms with E-state index in [4.69, 9.17) is 23.7 Å². The van der Waals surface area contributed by atoms with Crippen molar-refractivity contribution >= 4 is 23.8 Å². The van der Waals surface area contributed by atoms with E-state index in [0.29, 0.717) is 6.61 Å². The van der Waals surface area contributed by atoms with Crippen LogP contribution in [0.1, 0.15) is 92.4 Å². The van der Waals surface area contributed by atoms with Gasteiger partial charge in [0, 0.05) is 40.7 Å². The molecule has 0 unspecified atom stereocenters. The average Bonchev–Trinajstić information content (AvgIpc) is 2.75. The number of nitrogens with one attached hydrogen (secondary N) is 1. The molecule has 0 spiro atoms. The lowest BCUT2D eigenvalue weighted by molar-refractivity contribution is -0.274. The second kappa shape index (κ2) is 17.3. The lowest BCUT2D eigenvalue weighted by Crippen LogP contribution is -2.66. The van der Waals surface area contributed by atoms with Crippen LogP contribution in [0.2, 0.25) is 0 Å². The van der Waals surface area contributed by atoms with Gasteiger partial charge in [0.2, 0.25) is 5.91 Å². The van der Waals surface area contributed by atoms with E-state index in [2.05, 4.69) is 12.2 Å². The van der Waals surface area contributed by atoms with Crippen LogP contribution in [-0.2, 0) is 42.9 Å². The largest absolute Gasteiger partial charge is 0.466 e. The Hall–Kier alpha value is -2.20. The zero-order chi connectivity index (χ0) is 26.2. The zero-order valence-corrected chi connectivity index (χ0v) is 21.8. The average molecular weight is 502 g/mol. The fourth-order valence-electron chi connectivity index (χ4n) is 4.09. The summed E-state index contributed by atoms with van der Waals surface area (Å²) in [6.45, 7) is 7.67. The fraction of sp³-hybridized carbons (Fsp3) is 0.840. The summed E-state index contributed by atoms with van der Waals surface area (Å²) < 4.78 is 28.0. The zero-order valence-electron chi connectivity index (χ0n) is 21.8. The van der Waals surface area contributed by atoms with Crippen LogP contribution in [0.3, 0.4) is 0 Å². The maximum absolute atomic E-state index is 11.9. The van der Waals surface area contributed by atoms with Crippen molar-refractivity contribution in [2.45, 2.75) is 123 Å². The molecule has 0 aromatic heterocycles. The molecule has 0 radical (unpaired) electrons. The highest BCUT2D eigenvalue weighted by Gasteiger charge is 2.50. The first kappa shape index (κ1) is 30.8. The van der Waals surface area contributed by atoms with Gasteiger partial charge in [-0.25, -0.2) is 0 Å². The summed E-state index contributed by atoms with van der Waals surface area (Å²) in [5.41, 5.74) is 0. The second-order valence-corrected chi connectivity index (χ2v) is 8.89. The highest BCUT2D eigenvalue weighted by Crippen LogP contribution is 2.29. The van der Waals surface area contributed by atoms with Gasteiger partial charge >= 0.3 is 17.9 Å². The highest BCUT2D eigenvalue weighted by atomic mass is 16.7. The Bertz CT molecular complexity index is 669. The third-order valence-corrected chi connectivity index (χ3v) is 5.61. The fourth-order valence-corrected chi connectivity index (χ4v) is 4.09. The lowest BCUT2D eigenvalue weighted by Gasteiger charge is -2.45. The Morgan fingerprint density at radius 1 is 0.743 bits per heavy atom. The van der Waals surface area contributed by atoms with Crippen LogP contribution in [0.5, 0.6) is 0 Å². The van der Waals surface area contributed by atoms with Gasteiger partial charge in [0.15, 0.2) is 18.5 Å². The van der Waals surface area contributed by atoms with E-state index in [-0.39, 0.29) is 18.9 Å². The van der Waals surface area contributed by atoms with E-state index in [1.807, 2.05) is 0 Å². The predicted octanol–water partition coefficient (Wildman–Crippen LogP) is 3.19. The Morgan fingerprint density at radius 2 is 1.31 bits per heavy atom. The van der Waals surface area contributed by atoms with Crippen molar-refractivity contribution in [2.24, 2.45) is 0 Å². The summed E-state index contributed by atoms with van der Waals surface area (Å²) in [5, 5.41) is 2.72. The number of hydrogen-bond donors (Lipinski definition) is 1. The standard InChI is InChI=1S/C25H43NO9/c1-6-7-8-9-10-11-12-13-15-32-25-22(26-17(2)27)24(34-20(5)30)23(33-19(4)29)21(35-25)14-16-31-18(3)28/h21-25H,6-16H2,1-5H3,(H,26,27)/t21-,22-,23-,24-,25-/m1/s1. The first-order valence-corrected chi connectivity index (χ1v) is 12.7. The van der Waals surface area contributed by atoms with Crippen molar-refractivity contribution in [3.8, 4) is 0 Å². The van der Waals surface area contributed by atoms with Crippen LogP contribution < -0.4 is 5.32 Å². The van der Waals surface area contributed by atoms with Gasteiger partial charge in [0.25, 0.3) is 0 Å². The summed E-state index contributed by atoms with van der Waals surface area (Å²) in [5.74, 6) is -2.05. The molecule has 0 aromatic carbocycles. The number of esters is 3. The lowest BCUT2D eigenvalue weighted by atomic mass is 9.94. The van der Waals surface area contributed by atoms with E-state index in [1.54, 1.807) is 0 Å². The number of rotatable bonds is 16. The van der Waals surface area contributed by atoms with Crippen LogP contribution >= 0.6 is 0 Å². The van der Waals surface area contributed by atoms with Gasteiger partial charge in [-0.1, -0.05) is 51.9 Å². The molecule has 1 fully saturated rings. The summed E-state index contributed by atoms with van der Waals surface area (Å²) in [4.78, 5) is 46.9. The third kappa shape index (κ3) is 12.9. The van der Waals surface area contributed by atoms with E-state index in [0.717, 1.165) is 19.3 Å². The van der Waals surface area contributed by atoms with E-state index < -0.39 is 48.6 Å². The first-order chi connectivity index (χ1) is 16.6. The molecule has 0 aromatic rings. The summed E-state index contributed by atoms with van der Waals surface area (Å²) >= 11 is 0. The molecule has 1 saturated heterocycles. The highest BCUT2D eigenvalue weighted by molar-refractivity contribution is 5.73. The number of carbonyl (C=O) groups excluding carboxylic acids is 4. The summed E-state index contributed by atoms with van der Waals surface area (Å²) in [6.07, 6.45) is 5.49. The van der Waals surface area contributed by atoms with E-state index >= 15 is 0 Å². The van der Waals surface area contributed by atoms with Crippen molar-refractivity contribution in [1.29, 1.82) is 0 Å². The van der Waals surface area contributed by atoms with Gasteiger partial charge in [-0.2, -0.15) is 0 Å². The molecule has 35 heavy (non-hydrogen) atoms. The number of unbranched alkanes of at least 4 members (excludes halogenated alkanes) is 7.